The topological polar surface area (TPSA) is 83.9 Å². The number of methoxy groups -OCH3 is 1. The molecule has 25 heavy (non-hydrogen) atoms. The van der Waals surface area contributed by atoms with E-state index in [9.17, 15) is 14.4 Å². The first-order valence-corrected chi connectivity index (χ1v) is 8.19. The van der Waals surface area contributed by atoms with Crippen molar-refractivity contribution in [3.63, 3.8) is 0 Å². The monoisotopic (exact) mass is 341 g/mol. The average Bonchev–Trinajstić information content (AvgIpc) is 3.24. The van der Waals surface area contributed by atoms with Gasteiger partial charge in [-0.2, -0.15) is 0 Å². The Labute approximate surface area is 145 Å². The molecule has 1 aromatic carbocycles. The van der Waals surface area contributed by atoms with Crippen LogP contribution in [-0.2, 0) is 14.3 Å². The molecule has 1 N–H and O–H groups in total. The van der Waals surface area contributed by atoms with E-state index in [0.29, 0.717) is 5.56 Å². The molecule has 6 nitrogen and oxygen atoms in total. The van der Waals surface area contributed by atoms with Crippen LogP contribution in [0.1, 0.15) is 41.6 Å². The smallest absolute Gasteiger partial charge is 0.340 e. The second-order valence-electron chi connectivity index (χ2n) is 6.17. The summed E-state index contributed by atoms with van der Waals surface area (Å²) in [5, 5.41) is 8.96. The Balaban J connectivity index is 1.94. The Morgan fingerprint density at radius 1 is 1.20 bits per heavy atom. The van der Waals surface area contributed by atoms with Gasteiger partial charge in [0.05, 0.1) is 23.8 Å². The van der Waals surface area contributed by atoms with Crippen molar-refractivity contribution in [3.8, 4) is 0 Å². The predicted molar refractivity (Wildman–Crippen MR) is 90.6 cm³/mol. The highest BCUT2D eigenvalue weighted by molar-refractivity contribution is 6.15. The summed E-state index contributed by atoms with van der Waals surface area (Å²) in [7, 11) is 1.28. The SMILES string of the molecule is COC(=O)C1=CN(C2CCCC2)C(=O)/C1=C\c1ccc(C(=O)O)cc1. The molecule has 1 heterocycles. The number of ether oxygens (including phenoxy) is 1. The van der Waals surface area contributed by atoms with E-state index in [1.54, 1.807) is 29.3 Å². The first kappa shape index (κ1) is 17.0. The Morgan fingerprint density at radius 2 is 1.84 bits per heavy atom. The van der Waals surface area contributed by atoms with Gasteiger partial charge in [-0.25, -0.2) is 9.59 Å². The largest absolute Gasteiger partial charge is 0.478 e. The summed E-state index contributed by atoms with van der Waals surface area (Å²) in [5.41, 5.74) is 1.33. The minimum absolute atomic E-state index is 0.118. The number of aromatic carboxylic acids is 1. The van der Waals surface area contributed by atoms with Crippen molar-refractivity contribution in [3.05, 3.63) is 52.7 Å². The summed E-state index contributed by atoms with van der Waals surface area (Å²) >= 11 is 0. The zero-order valence-corrected chi connectivity index (χ0v) is 13.9. The van der Waals surface area contributed by atoms with Gasteiger partial charge in [-0.1, -0.05) is 25.0 Å². The molecule has 0 radical (unpaired) electrons. The molecule has 1 fully saturated rings. The number of hydrogen-bond acceptors (Lipinski definition) is 4. The zero-order valence-electron chi connectivity index (χ0n) is 13.9. The van der Waals surface area contributed by atoms with Crippen molar-refractivity contribution in [1.82, 2.24) is 4.90 Å². The summed E-state index contributed by atoms with van der Waals surface area (Å²) < 4.78 is 4.81. The van der Waals surface area contributed by atoms with Crippen molar-refractivity contribution in [2.45, 2.75) is 31.7 Å². The lowest BCUT2D eigenvalue weighted by Crippen LogP contribution is -2.31. The fraction of sp³-hybridized carbons (Fsp3) is 0.316. The lowest BCUT2D eigenvalue weighted by atomic mass is 10.0. The van der Waals surface area contributed by atoms with Gasteiger partial charge in [0.15, 0.2) is 0 Å². The number of carboxylic acid groups (broad SMARTS) is 1. The van der Waals surface area contributed by atoms with E-state index in [1.165, 1.54) is 19.2 Å². The van der Waals surface area contributed by atoms with Gasteiger partial charge in [0.1, 0.15) is 0 Å². The highest BCUT2D eigenvalue weighted by atomic mass is 16.5. The second kappa shape index (κ2) is 6.93. The maximum absolute atomic E-state index is 12.8. The number of carbonyl (C=O) groups is 3. The normalized spacial score (nSPS) is 19.4. The molecule has 0 atom stereocenters. The van der Waals surface area contributed by atoms with E-state index in [2.05, 4.69) is 0 Å². The average molecular weight is 341 g/mol. The van der Waals surface area contributed by atoms with Crippen LogP contribution in [0.3, 0.4) is 0 Å². The summed E-state index contributed by atoms with van der Waals surface area (Å²) in [5.74, 6) is -1.78. The van der Waals surface area contributed by atoms with Crippen LogP contribution < -0.4 is 0 Å². The van der Waals surface area contributed by atoms with Gasteiger partial charge in [0, 0.05) is 12.2 Å². The maximum Gasteiger partial charge on any atom is 0.340 e. The maximum atomic E-state index is 12.8. The fourth-order valence-corrected chi connectivity index (χ4v) is 3.28. The van der Waals surface area contributed by atoms with Gasteiger partial charge in [0.2, 0.25) is 0 Å². The van der Waals surface area contributed by atoms with Gasteiger partial charge in [-0.3, -0.25) is 4.79 Å². The van der Waals surface area contributed by atoms with Crippen molar-refractivity contribution < 1.29 is 24.2 Å². The third-order valence-corrected chi connectivity index (χ3v) is 4.62. The van der Waals surface area contributed by atoms with E-state index < -0.39 is 11.9 Å². The number of benzene rings is 1. The van der Waals surface area contributed by atoms with Gasteiger partial charge in [-0.05, 0) is 36.6 Å². The van der Waals surface area contributed by atoms with Crippen LogP contribution in [0, 0.1) is 0 Å². The molecule has 0 unspecified atom stereocenters. The molecule has 130 valence electrons. The van der Waals surface area contributed by atoms with Crippen LogP contribution >= 0.6 is 0 Å². The predicted octanol–water partition coefficient (Wildman–Crippen LogP) is 2.61. The summed E-state index contributed by atoms with van der Waals surface area (Å²) in [6.45, 7) is 0. The molecule has 1 amide bonds. The van der Waals surface area contributed by atoms with Crippen LogP contribution in [0.5, 0.6) is 0 Å². The van der Waals surface area contributed by atoms with Gasteiger partial charge in [-0.15, -0.1) is 0 Å². The third kappa shape index (κ3) is 3.33. The van der Waals surface area contributed by atoms with Gasteiger partial charge >= 0.3 is 11.9 Å². The molecule has 2 aliphatic rings. The summed E-state index contributed by atoms with van der Waals surface area (Å²) in [6, 6.07) is 6.26. The van der Waals surface area contributed by atoms with Crippen molar-refractivity contribution >= 4 is 23.9 Å². The van der Waals surface area contributed by atoms with E-state index in [4.69, 9.17) is 9.84 Å². The highest BCUT2D eigenvalue weighted by Crippen LogP contribution is 2.33. The lowest BCUT2D eigenvalue weighted by Gasteiger charge is -2.21. The van der Waals surface area contributed by atoms with Crippen LogP contribution in [0.2, 0.25) is 0 Å². The van der Waals surface area contributed by atoms with E-state index in [0.717, 1.165) is 25.7 Å². The van der Waals surface area contributed by atoms with Crippen LogP contribution in [-0.4, -0.2) is 41.0 Å². The molecule has 0 aromatic heterocycles. The zero-order chi connectivity index (χ0) is 18.0. The van der Waals surface area contributed by atoms with Crippen molar-refractivity contribution in [2.24, 2.45) is 0 Å². The molecule has 1 aromatic rings. The molecule has 0 bridgehead atoms. The minimum Gasteiger partial charge on any atom is -0.478 e. The standard InChI is InChI=1S/C19H19NO5/c1-25-19(24)16-11-20(14-4-2-3-5-14)17(21)15(16)10-12-6-8-13(9-7-12)18(22)23/h6-11,14H,2-5H2,1H3,(H,22,23)/b15-10-. The number of rotatable bonds is 4. The van der Waals surface area contributed by atoms with Crippen LogP contribution in [0.15, 0.2) is 41.6 Å². The fourth-order valence-electron chi connectivity index (χ4n) is 3.28. The third-order valence-electron chi connectivity index (χ3n) is 4.62. The van der Waals surface area contributed by atoms with Crippen LogP contribution in [0.4, 0.5) is 0 Å². The van der Waals surface area contributed by atoms with Gasteiger partial charge in [0.25, 0.3) is 5.91 Å². The quantitative estimate of drug-likeness (QED) is 0.672. The number of amides is 1. The van der Waals surface area contributed by atoms with Crippen molar-refractivity contribution in [2.75, 3.05) is 7.11 Å². The highest BCUT2D eigenvalue weighted by Gasteiger charge is 2.37. The van der Waals surface area contributed by atoms with Crippen molar-refractivity contribution in [1.29, 1.82) is 0 Å². The summed E-state index contributed by atoms with van der Waals surface area (Å²) in [6.07, 6.45) is 7.19. The number of carboxylic acids is 1. The molecular formula is C19H19NO5. The van der Waals surface area contributed by atoms with Gasteiger partial charge < -0.3 is 14.7 Å². The molecule has 6 heteroatoms. The Morgan fingerprint density at radius 3 is 2.40 bits per heavy atom. The Bertz CT molecular complexity index is 770. The van der Waals surface area contributed by atoms with E-state index >= 15 is 0 Å². The number of hydrogen-bond donors (Lipinski definition) is 1. The minimum atomic E-state index is -1.02. The lowest BCUT2D eigenvalue weighted by molar-refractivity contribution is -0.136. The Hall–Kier alpha value is -2.89. The van der Waals surface area contributed by atoms with E-state index in [1.807, 2.05) is 0 Å². The molecule has 3 rings (SSSR count). The summed E-state index contributed by atoms with van der Waals surface area (Å²) in [4.78, 5) is 37.5. The first-order chi connectivity index (χ1) is 12.0. The number of carbonyl (C=O) groups excluding carboxylic acids is 2. The molecule has 0 spiro atoms. The second-order valence-corrected chi connectivity index (χ2v) is 6.17. The molecule has 1 aliphatic heterocycles. The number of esters is 1. The molecule has 1 saturated carbocycles. The molecule has 1 aliphatic carbocycles. The molecule has 0 saturated heterocycles. The van der Waals surface area contributed by atoms with Crippen LogP contribution in [0.25, 0.3) is 6.08 Å². The number of nitrogens with zero attached hydrogens (tertiary/aromatic N) is 1. The molecular weight excluding hydrogens is 322 g/mol. The Kier molecular flexibility index (Phi) is 4.70. The van der Waals surface area contributed by atoms with E-state index in [-0.39, 0.29) is 28.7 Å². The first-order valence-electron chi connectivity index (χ1n) is 8.19.